The first-order chi connectivity index (χ1) is 13.6. The molecule has 0 bridgehead atoms. The summed E-state index contributed by atoms with van der Waals surface area (Å²) in [5.74, 6) is -0.0820. The van der Waals surface area contributed by atoms with Crippen LogP contribution in [0.2, 0.25) is 0 Å². The van der Waals surface area contributed by atoms with Crippen LogP contribution in [0.15, 0.2) is 43.0 Å². The molecular formula is C21H22N6O. The molecule has 1 amide bonds. The van der Waals surface area contributed by atoms with Crippen molar-refractivity contribution in [1.29, 1.82) is 5.26 Å². The first-order valence-electron chi connectivity index (χ1n) is 9.55. The predicted octanol–water partition coefficient (Wildman–Crippen LogP) is 3.03. The molecule has 3 aromatic rings. The van der Waals surface area contributed by atoms with E-state index in [9.17, 15) is 10.1 Å². The quantitative estimate of drug-likeness (QED) is 0.700. The second-order valence-electron chi connectivity index (χ2n) is 7.34. The van der Waals surface area contributed by atoms with Crippen molar-refractivity contribution in [3.63, 3.8) is 0 Å². The Kier molecular flexibility index (Phi) is 4.78. The Morgan fingerprint density at radius 3 is 2.96 bits per heavy atom. The molecule has 1 aliphatic rings. The van der Waals surface area contributed by atoms with E-state index in [1.54, 1.807) is 29.7 Å². The Morgan fingerprint density at radius 2 is 2.21 bits per heavy atom. The van der Waals surface area contributed by atoms with Crippen molar-refractivity contribution >= 4 is 17.1 Å². The summed E-state index contributed by atoms with van der Waals surface area (Å²) in [6.45, 7) is 3.74. The number of nitrogens with zero attached hydrogens (tertiary/aromatic N) is 6. The van der Waals surface area contributed by atoms with Crippen LogP contribution >= 0.6 is 0 Å². The van der Waals surface area contributed by atoms with E-state index in [1.165, 1.54) is 0 Å². The molecule has 7 heteroatoms. The Hall–Kier alpha value is -3.27. The van der Waals surface area contributed by atoms with Gasteiger partial charge in [0.05, 0.1) is 35.6 Å². The molecule has 28 heavy (non-hydrogen) atoms. The van der Waals surface area contributed by atoms with Gasteiger partial charge in [-0.15, -0.1) is 0 Å². The minimum Gasteiger partial charge on any atom is -0.337 e. The number of hydrogen-bond donors (Lipinski definition) is 0. The average Bonchev–Trinajstić information content (AvgIpc) is 3.16. The molecule has 1 saturated heterocycles. The van der Waals surface area contributed by atoms with Crippen molar-refractivity contribution in [2.45, 2.75) is 32.7 Å². The van der Waals surface area contributed by atoms with Crippen LogP contribution in [0.4, 0.5) is 0 Å². The van der Waals surface area contributed by atoms with Gasteiger partial charge in [-0.2, -0.15) is 5.26 Å². The van der Waals surface area contributed by atoms with Gasteiger partial charge in [-0.25, -0.2) is 9.97 Å². The van der Waals surface area contributed by atoms with Crippen LogP contribution in [0, 0.1) is 16.7 Å². The molecule has 0 spiro atoms. The maximum Gasteiger partial charge on any atom is 0.255 e. The van der Waals surface area contributed by atoms with Crippen molar-refractivity contribution in [1.82, 2.24) is 24.4 Å². The van der Waals surface area contributed by atoms with E-state index < -0.39 is 5.41 Å². The topological polar surface area (TPSA) is 87.7 Å². The Labute approximate surface area is 163 Å². The Balaban J connectivity index is 1.57. The Morgan fingerprint density at radius 1 is 1.32 bits per heavy atom. The zero-order valence-corrected chi connectivity index (χ0v) is 15.9. The van der Waals surface area contributed by atoms with E-state index in [1.807, 2.05) is 29.7 Å². The second kappa shape index (κ2) is 7.39. The maximum absolute atomic E-state index is 13.0. The summed E-state index contributed by atoms with van der Waals surface area (Å²) in [5, 5.41) is 9.56. The summed E-state index contributed by atoms with van der Waals surface area (Å²) in [5.41, 5.74) is 2.40. The summed E-state index contributed by atoms with van der Waals surface area (Å²) < 4.78 is 1.92. The van der Waals surface area contributed by atoms with Gasteiger partial charge in [0.15, 0.2) is 5.65 Å². The number of amides is 1. The summed E-state index contributed by atoms with van der Waals surface area (Å²) in [6.07, 6.45) is 7.53. The molecule has 3 aromatic heterocycles. The molecule has 0 aromatic carbocycles. The van der Waals surface area contributed by atoms with E-state index >= 15 is 0 Å². The van der Waals surface area contributed by atoms with Crippen molar-refractivity contribution in [3.05, 3.63) is 54.2 Å². The number of hydrogen-bond acceptors (Lipinski definition) is 5. The molecule has 4 rings (SSSR count). The zero-order chi connectivity index (χ0) is 19.6. The maximum atomic E-state index is 13.0. The second-order valence-corrected chi connectivity index (χ2v) is 7.34. The first-order valence-corrected chi connectivity index (χ1v) is 9.55. The van der Waals surface area contributed by atoms with Gasteiger partial charge in [0.25, 0.3) is 5.91 Å². The number of pyridine rings is 2. The summed E-state index contributed by atoms with van der Waals surface area (Å²) in [6, 6.07) is 9.99. The fourth-order valence-corrected chi connectivity index (χ4v) is 3.79. The number of aromatic nitrogens is 4. The standard InChI is InChI=1S/C21H22N6O/c1-2-21(13-22)7-5-9-26(14-21)20(28)16-10-18-19(24-11-16)27(15-25-18)12-17-6-3-4-8-23-17/h3-4,6,8,10-11,15H,2,5,7,9,12,14H2,1H3. The lowest BCUT2D eigenvalue weighted by Crippen LogP contribution is -2.45. The minimum atomic E-state index is -0.435. The van der Waals surface area contributed by atoms with Crippen LogP contribution in [-0.2, 0) is 6.54 Å². The SMILES string of the molecule is CCC1(C#N)CCCN(C(=O)c2cnc3c(c2)ncn3Cc2ccccn2)C1. The fraction of sp³-hybridized carbons (Fsp3) is 0.381. The van der Waals surface area contributed by atoms with Gasteiger partial charge in [-0.05, 0) is 37.5 Å². The van der Waals surface area contributed by atoms with Crippen molar-refractivity contribution in [3.8, 4) is 6.07 Å². The van der Waals surface area contributed by atoms with Gasteiger partial charge < -0.3 is 9.47 Å². The van der Waals surface area contributed by atoms with Crippen molar-refractivity contribution in [2.75, 3.05) is 13.1 Å². The minimum absolute atomic E-state index is 0.0820. The molecule has 1 aliphatic heterocycles. The van der Waals surface area contributed by atoms with Crippen LogP contribution in [0.1, 0.15) is 42.2 Å². The van der Waals surface area contributed by atoms with Crippen LogP contribution in [0.3, 0.4) is 0 Å². The molecule has 7 nitrogen and oxygen atoms in total. The molecule has 0 N–H and O–H groups in total. The highest BCUT2D eigenvalue weighted by atomic mass is 16.2. The molecular weight excluding hydrogens is 352 g/mol. The van der Waals surface area contributed by atoms with Crippen LogP contribution in [-0.4, -0.2) is 43.4 Å². The summed E-state index contributed by atoms with van der Waals surface area (Å²) in [7, 11) is 0. The number of nitriles is 1. The lowest BCUT2D eigenvalue weighted by Gasteiger charge is -2.37. The van der Waals surface area contributed by atoms with E-state index in [2.05, 4.69) is 21.0 Å². The summed E-state index contributed by atoms with van der Waals surface area (Å²) in [4.78, 5) is 28.0. The number of likely N-dealkylation sites (tertiary alicyclic amines) is 1. The van der Waals surface area contributed by atoms with Crippen LogP contribution < -0.4 is 0 Å². The van der Waals surface area contributed by atoms with Crippen LogP contribution in [0.25, 0.3) is 11.2 Å². The summed E-state index contributed by atoms with van der Waals surface area (Å²) >= 11 is 0. The lowest BCUT2D eigenvalue weighted by molar-refractivity contribution is 0.0604. The molecule has 1 fully saturated rings. The molecule has 142 valence electrons. The molecule has 1 atom stereocenters. The predicted molar refractivity (Wildman–Crippen MR) is 104 cm³/mol. The van der Waals surface area contributed by atoms with Crippen molar-refractivity contribution in [2.24, 2.45) is 5.41 Å². The van der Waals surface area contributed by atoms with Crippen molar-refractivity contribution < 1.29 is 4.79 Å². The highest BCUT2D eigenvalue weighted by Crippen LogP contribution is 2.33. The normalized spacial score (nSPS) is 19.5. The lowest BCUT2D eigenvalue weighted by atomic mass is 9.79. The highest BCUT2D eigenvalue weighted by molar-refractivity contribution is 5.96. The number of rotatable bonds is 4. The average molecular weight is 374 g/mol. The third-order valence-corrected chi connectivity index (χ3v) is 5.54. The van der Waals surface area contributed by atoms with Crippen LogP contribution in [0.5, 0.6) is 0 Å². The Bertz CT molecular complexity index is 1040. The van der Waals surface area contributed by atoms with Gasteiger partial charge in [0, 0.05) is 25.5 Å². The van der Waals surface area contributed by atoms with E-state index in [0.717, 1.165) is 30.6 Å². The van der Waals surface area contributed by atoms with Gasteiger partial charge in [0.2, 0.25) is 0 Å². The number of carbonyl (C=O) groups is 1. The molecule has 0 saturated carbocycles. The number of carbonyl (C=O) groups excluding carboxylic acids is 1. The number of fused-ring (bicyclic) bond motifs is 1. The van der Waals surface area contributed by atoms with Gasteiger partial charge in [-0.3, -0.25) is 9.78 Å². The monoisotopic (exact) mass is 374 g/mol. The zero-order valence-electron chi connectivity index (χ0n) is 15.9. The van der Waals surface area contributed by atoms with E-state index in [4.69, 9.17) is 0 Å². The molecule has 0 radical (unpaired) electrons. The third-order valence-electron chi connectivity index (χ3n) is 5.54. The van der Waals surface area contributed by atoms with Gasteiger partial charge in [-0.1, -0.05) is 13.0 Å². The van der Waals surface area contributed by atoms with Gasteiger partial charge in [0.1, 0.15) is 5.52 Å². The number of piperidine rings is 1. The largest absolute Gasteiger partial charge is 0.337 e. The van der Waals surface area contributed by atoms with Gasteiger partial charge >= 0.3 is 0 Å². The molecule has 4 heterocycles. The van der Waals surface area contributed by atoms with E-state index in [0.29, 0.717) is 30.7 Å². The fourth-order valence-electron chi connectivity index (χ4n) is 3.79. The molecule has 1 unspecified atom stereocenters. The van der Waals surface area contributed by atoms with E-state index in [-0.39, 0.29) is 5.91 Å². The number of imidazole rings is 1. The highest BCUT2D eigenvalue weighted by Gasteiger charge is 2.36. The third kappa shape index (κ3) is 3.33. The first kappa shape index (κ1) is 18.1. The molecule has 0 aliphatic carbocycles. The smallest absolute Gasteiger partial charge is 0.255 e.